The van der Waals surface area contributed by atoms with Crippen LogP contribution in [0.3, 0.4) is 0 Å². The lowest BCUT2D eigenvalue weighted by atomic mass is 9.87. The molecule has 0 aliphatic rings. The van der Waals surface area contributed by atoms with Gasteiger partial charge in [-0.05, 0) is 55.7 Å². The van der Waals surface area contributed by atoms with Crippen LogP contribution in [0.15, 0.2) is 24.3 Å². The largest absolute Gasteiger partial charge is 0.493 e. The number of methoxy groups -OCH3 is 1. The number of amides is 1. The number of hydrogen-bond donors (Lipinski definition) is 4. The fraction of sp³-hybridized carbons (Fsp3) is 0.720. The molecule has 0 saturated heterocycles. The van der Waals surface area contributed by atoms with Gasteiger partial charge in [-0.1, -0.05) is 39.8 Å². The molecule has 3 unspecified atom stereocenters. The third-order valence-electron chi connectivity index (χ3n) is 5.57. The van der Waals surface area contributed by atoms with Gasteiger partial charge in [0, 0.05) is 32.8 Å². The molecule has 0 aliphatic carbocycles. The van der Waals surface area contributed by atoms with Crippen molar-refractivity contribution in [2.24, 2.45) is 23.5 Å². The molecular formula is C25H45N3O4. The van der Waals surface area contributed by atoms with E-state index in [4.69, 9.17) is 15.2 Å². The van der Waals surface area contributed by atoms with Crippen LogP contribution in [0.2, 0.25) is 0 Å². The van der Waals surface area contributed by atoms with Crippen LogP contribution in [0.5, 0.6) is 5.75 Å². The molecule has 0 saturated carbocycles. The summed E-state index contributed by atoms with van der Waals surface area (Å²) in [4.78, 5) is 12.9. The van der Waals surface area contributed by atoms with Crippen LogP contribution in [-0.4, -0.2) is 63.1 Å². The van der Waals surface area contributed by atoms with Crippen LogP contribution in [0.1, 0.15) is 57.3 Å². The summed E-state index contributed by atoms with van der Waals surface area (Å²) >= 11 is 0. The Hall–Kier alpha value is -1.67. The summed E-state index contributed by atoms with van der Waals surface area (Å²) in [7, 11) is 1.68. The van der Waals surface area contributed by atoms with Gasteiger partial charge < -0.3 is 30.9 Å². The third kappa shape index (κ3) is 11.3. The molecule has 1 aromatic rings. The molecule has 0 radical (unpaired) electrons. The number of nitrogens with two attached hydrogens (primary N) is 1. The lowest BCUT2D eigenvalue weighted by Crippen LogP contribution is -2.45. The van der Waals surface area contributed by atoms with Crippen molar-refractivity contribution >= 4 is 5.91 Å². The zero-order valence-corrected chi connectivity index (χ0v) is 20.6. The van der Waals surface area contributed by atoms with Crippen LogP contribution in [0.4, 0.5) is 0 Å². The number of aliphatic hydroxyl groups is 1. The Bertz CT molecular complexity index is 639. The first kappa shape index (κ1) is 28.4. The second kappa shape index (κ2) is 16.0. The highest BCUT2D eigenvalue weighted by Crippen LogP contribution is 2.20. The molecular weight excluding hydrogens is 406 g/mol. The molecule has 0 heterocycles. The molecule has 32 heavy (non-hydrogen) atoms. The average Bonchev–Trinajstić information content (AvgIpc) is 2.75. The molecule has 0 fully saturated rings. The molecule has 5 N–H and O–H groups in total. The van der Waals surface area contributed by atoms with Crippen LogP contribution in [0, 0.1) is 17.8 Å². The highest BCUT2D eigenvalue weighted by atomic mass is 16.5. The van der Waals surface area contributed by atoms with Gasteiger partial charge in [-0.3, -0.25) is 4.79 Å². The maximum Gasteiger partial charge on any atom is 0.255 e. The number of hydrogen-bond acceptors (Lipinski definition) is 6. The molecule has 1 rings (SSSR count). The van der Waals surface area contributed by atoms with Crippen molar-refractivity contribution < 1.29 is 19.4 Å². The van der Waals surface area contributed by atoms with E-state index < -0.39 is 6.10 Å². The van der Waals surface area contributed by atoms with E-state index in [1.165, 1.54) is 0 Å². The van der Waals surface area contributed by atoms with Gasteiger partial charge in [0.25, 0.3) is 5.91 Å². The Morgan fingerprint density at radius 3 is 2.41 bits per heavy atom. The fourth-order valence-corrected chi connectivity index (χ4v) is 3.40. The van der Waals surface area contributed by atoms with E-state index in [1.807, 2.05) is 18.2 Å². The van der Waals surface area contributed by atoms with E-state index >= 15 is 0 Å². The SMILES string of the molecule is COCCCCOc1ccccc1C(=O)NCC(CC(N)C(O)CNCC(C)C)C(C)C. The highest BCUT2D eigenvalue weighted by Gasteiger charge is 2.23. The number of para-hydroxylation sites is 1. The smallest absolute Gasteiger partial charge is 0.255 e. The lowest BCUT2D eigenvalue weighted by molar-refractivity contribution is 0.0927. The second-order valence-corrected chi connectivity index (χ2v) is 9.28. The first-order valence-electron chi connectivity index (χ1n) is 11.9. The van der Waals surface area contributed by atoms with Gasteiger partial charge in [-0.25, -0.2) is 0 Å². The number of nitrogens with one attached hydrogen (secondary N) is 2. The van der Waals surface area contributed by atoms with Crippen molar-refractivity contribution in [2.75, 3.05) is 40.0 Å². The topological polar surface area (TPSA) is 106 Å². The summed E-state index contributed by atoms with van der Waals surface area (Å²) in [6.45, 7) is 11.6. The molecule has 1 aromatic carbocycles. The van der Waals surface area contributed by atoms with E-state index in [2.05, 4.69) is 38.3 Å². The molecule has 7 nitrogen and oxygen atoms in total. The monoisotopic (exact) mass is 451 g/mol. The number of benzene rings is 1. The highest BCUT2D eigenvalue weighted by molar-refractivity contribution is 5.96. The van der Waals surface area contributed by atoms with Crippen LogP contribution < -0.4 is 21.1 Å². The minimum Gasteiger partial charge on any atom is -0.493 e. The molecule has 3 atom stereocenters. The van der Waals surface area contributed by atoms with Crippen LogP contribution in [-0.2, 0) is 4.74 Å². The molecule has 1 amide bonds. The normalized spacial score (nSPS) is 14.4. The van der Waals surface area contributed by atoms with Crippen molar-refractivity contribution in [3.05, 3.63) is 29.8 Å². The fourth-order valence-electron chi connectivity index (χ4n) is 3.40. The molecule has 0 spiro atoms. The number of carbonyl (C=O) groups excluding carboxylic acids is 1. The van der Waals surface area contributed by atoms with E-state index in [-0.39, 0.29) is 17.9 Å². The van der Waals surface area contributed by atoms with Crippen molar-refractivity contribution in [1.82, 2.24) is 10.6 Å². The van der Waals surface area contributed by atoms with Gasteiger partial charge >= 0.3 is 0 Å². The quantitative estimate of drug-likeness (QED) is 0.272. The average molecular weight is 452 g/mol. The summed E-state index contributed by atoms with van der Waals surface area (Å²) in [5, 5.41) is 16.7. The van der Waals surface area contributed by atoms with Crippen molar-refractivity contribution in [3.8, 4) is 5.75 Å². The van der Waals surface area contributed by atoms with E-state index in [1.54, 1.807) is 13.2 Å². The van der Waals surface area contributed by atoms with Crippen LogP contribution >= 0.6 is 0 Å². The number of aliphatic hydroxyl groups excluding tert-OH is 1. The van der Waals surface area contributed by atoms with Gasteiger partial charge in [0.2, 0.25) is 0 Å². The number of ether oxygens (including phenoxy) is 2. The minimum atomic E-state index is -0.613. The standard InChI is InChI=1S/C25H45N3O4/c1-18(2)15-27-17-23(29)22(26)14-20(19(3)4)16-28-25(30)21-10-6-7-11-24(21)32-13-9-8-12-31-5/h6-7,10-11,18-20,22-23,27,29H,8-9,12-17,26H2,1-5H3,(H,28,30). The van der Waals surface area contributed by atoms with Gasteiger partial charge in [-0.2, -0.15) is 0 Å². The van der Waals surface area contributed by atoms with Crippen molar-refractivity contribution in [1.29, 1.82) is 0 Å². The second-order valence-electron chi connectivity index (χ2n) is 9.28. The van der Waals surface area contributed by atoms with E-state index in [0.29, 0.717) is 55.9 Å². The van der Waals surface area contributed by atoms with E-state index in [0.717, 1.165) is 19.4 Å². The zero-order chi connectivity index (χ0) is 23.9. The summed E-state index contributed by atoms with van der Waals surface area (Å²) < 4.78 is 10.9. The molecule has 0 aromatic heterocycles. The Labute approximate surface area is 194 Å². The van der Waals surface area contributed by atoms with Gasteiger partial charge in [-0.15, -0.1) is 0 Å². The first-order chi connectivity index (χ1) is 15.3. The zero-order valence-electron chi connectivity index (χ0n) is 20.6. The molecule has 0 aliphatic heterocycles. The summed E-state index contributed by atoms with van der Waals surface area (Å²) in [6, 6.07) is 6.96. The predicted molar refractivity (Wildman–Crippen MR) is 130 cm³/mol. The van der Waals surface area contributed by atoms with Gasteiger partial charge in [0.15, 0.2) is 0 Å². The molecule has 0 bridgehead atoms. The molecule has 7 heteroatoms. The predicted octanol–water partition coefficient (Wildman–Crippen LogP) is 2.82. The number of carbonyl (C=O) groups is 1. The maximum absolute atomic E-state index is 12.9. The van der Waals surface area contributed by atoms with Gasteiger partial charge in [0.1, 0.15) is 5.75 Å². The van der Waals surface area contributed by atoms with Crippen LogP contribution in [0.25, 0.3) is 0 Å². The Morgan fingerprint density at radius 2 is 1.75 bits per heavy atom. The number of rotatable bonds is 17. The Balaban J connectivity index is 2.58. The molecule has 184 valence electrons. The van der Waals surface area contributed by atoms with E-state index in [9.17, 15) is 9.90 Å². The number of unbranched alkanes of at least 4 members (excludes halogenated alkanes) is 1. The van der Waals surface area contributed by atoms with Gasteiger partial charge in [0.05, 0.1) is 18.3 Å². The minimum absolute atomic E-state index is 0.157. The summed E-state index contributed by atoms with van der Waals surface area (Å²) in [6.07, 6.45) is 1.81. The van der Waals surface area contributed by atoms with Crippen molar-refractivity contribution in [2.45, 2.75) is 59.1 Å². The first-order valence-corrected chi connectivity index (χ1v) is 11.9. The Kier molecular flexibility index (Phi) is 14.2. The summed E-state index contributed by atoms with van der Waals surface area (Å²) in [5.74, 6) is 1.44. The third-order valence-corrected chi connectivity index (χ3v) is 5.57. The van der Waals surface area contributed by atoms with Crippen molar-refractivity contribution in [3.63, 3.8) is 0 Å². The Morgan fingerprint density at radius 1 is 1.06 bits per heavy atom. The maximum atomic E-state index is 12.9. The lowest BCUT2D eigenvalue weighted by Gasteiger charge is -2.27. The summed E-state index contributed by atoms with van der Waals surface area (Å²) in [5.41, 5.74) is 6.80.